The van der Waals surface area contributed by atoms with Gasteiger partial charge in [-0.15, -0.1) is 0 Å². The Balaban J connectivity index is 2.32. The second-order valence-corrected chi connectivity index (χ2v) is 3.65. The highest BCUT2D eigenvalue weighted by Crippen LogP contribution is 2.34. The topological polar surface area (TPSA) is 18.5 Å². The Hall–Kier alpha value is -0.520. The van der Waals surface area contributed by atoms with Gasteiger partial charge >= 0.3 is 0 Å². The molecule has 0 radical (unpaired) electrons. The Morgan fingerprint density at radius 2 is 2.38 bits per heavy atom. The maximum Gasteiger partial charge on any atom is 0.197 e. The molecular formula is C9H8FIO2. The van der Waals surface area contributed by atoms with E-state index in [2.05, 4.69) is 22.6 Å². The second kappa shape index (κ2) is 3.69. The summed E-state index contributed by atoms with van der Waals surface area (Å²) in [7, 11) is 0. The molecule has 1 aliphatic heterocycles. The van der Waals surface area contributed by atoms with Gasteiger partial charge in [0.15, 0.2) is 17.3 Å². The van der Waals surface area contributed by atoms with Crippen LogP contribution >= 0.6 is 22.6 Å². The molecule has 13 heavy (non-hydrogen) atoms. The average molecular weight is 294 g/mol. The molecule has 0 unspecified atom stereocenters. The van der Waals surface area contributed by atoms with Crippen LogP contribution in [0.15, 0.2) is 18.2 Å². The summed E-state index contributed by atoms with van der Waals surface area (Å²) >= 11 is 2.19. The van der Waals surface area contributed by atoms with E-state index in [0.29, 0.717) is 12.4 Å². The molecule has 1 aliphatic rings. The maximum absolute atomic E-state index is 13.2. The van der Waals surface area contributed by atoms with E-state index in [1.54, 1.807) is 12.1 Å². The first-order chi connectivity index (χ1) is 6.31. The molecule has 0 amide bonds. The summed E-state index contributed by atoms with van der Waals surface area (Å²) in [5.74, 6) is 0.392. The summed E-state index contributed by atoms with van der Waals surface area (Å²) in [6.45, 7) is 0.499. The zero-order valence-electron chi connectivity index (χ0n) is 6.80. The van der Waals surface area contributed by atoms with Gasteiger partial charge in [0.05, 0.1) is 0 Å². The maximum atomic E-state index is 13.2. The van der Waals surface area contributed by atoms with E-state index in [9.17, 15) is 4.39 Å². The molecule has 0 spiro atoms. The van der Waals surface area contributed by atoms with Crippen molar-refractivity contribution in [1.82, 2.24) is 0 Å². The summed E-state index contributed by atoms with van der Waals surface area (Å²) in [6, 6.07) is 4.70. The number of benzene rings is 1. The fourth-order valence-corrected chi connectivity index (χ4v) is 1.61. The first kappa shape index (κ1) is 9.05. The standard InChI is InChI=1S/C9H8FIO2/c10-7-2-1-3-8-9(7)13-6(4-11)5-12-8/h1-3,6H,4-5H2/t6-/m0/s1. The van der Waals surface area contributed by atoms with Crippen molar-refractivity contribution in [3.05, 3.63) is 24.0 Å². The van der Waals surface area contributed by atoms with Crippen molar-refractivity contribution in [2.24, 2.45) is 0 Å². The fourth-order valence-electron chi connectivity index (χ4n) is 1.18. The number of para-hydroxylation sites is 1. The molecule has 0 N–H and O–H groups in total. The van der Waals surface area contributed by atoms with E-state index in [-0.39, 0.29) is 17.7 Å². The van der Waals surface area contributed by atoms with Crippen molar-refractivity contribution in [1.29, 1.82) is 0 Å². The predicted octanol–water partition coefficient (Wildman–Crippen LogP) is 2.40. The van der Waals surface area contributed by atoms with Crippen LogP contribution in [-0.4, -0.2) is 17.1 Å². The third-order valence-corrected chi connectivity index (χ3v) is 2.79. The van der Waals surface area contributed by atoms with Crippen LogP contribution in [0.4, 0.5) is 4.39 Å². The van der Waals surface area contributed by atoms with Crippen molar-refractivity contribution in [3.63, 3.8) is 0 Å². The van der Waals surface area contributed by atoms with Crippen LogP contribution in [0, 0.1) is 5.82 Å². The Morgan fingerprint density at radius 3 is 3.15 bits per heavy atom. The minimum absolute atomic E-state index is 0.0370. The smallest absolute Gasteiger partial charge is 0.197 e. The molecule has 1 aromatic rings. The van der Waals surface area contributed by atoms with Crippen LogP contribution in [0.25, 0.3) is 0 Å². The highest BCUT2D eigenvalue weighted by Gasteiger charge is 2.22. The minimum Gasteiger partial charge on any atom is -0.486 e. The summed E-state index contributed by atoms with van der Waals surface area (Å²) < 4.78 is 24.7. The Bertz CT molecular complexity index is 316. The van der Waals surface area contributed by atoms with E-state index < -0.39 is 0 Å². The number of ether oxygens (including phenoxy) is 2. The number of rotatable bonds is 1. The lowest BCUT2D eigenvalue weighted by Gasteiger charge is -2.25. The minimum atomic E-state index is -0.355. The molecule has 0 aliphatic carbocycles. The van der Waals surface area contributed by atoms with Crippen LogP contribution in [0.3, 0.4) is 0 Å². The van der Waals surface area contributed by atoms with Crippen molar-refractivity contribution >= 4 is 22.6 Å². The van der Waals surface area contributed by atoms with Gasteiger partial charge in [0.2, 0.25) is 0 Å². The Kier molecular flexibility index (Phi) is 2.57. The molecule has 0 aromatic heterocycles. The third-order valence-electron chi connectivity index (χ3n) is 1.81. The molecule has 0 bridgehead atoms. The van der Waals surface area contributed by atoms with Crippen LogP contribution < -0.4 is 9.47 Å². The SMILES string of the molecule is Fc1cccc2c1O[C@@H](CI)CO2. The number of hydrogen-bond acceptors (Lipinski definition) is 2. The van der Waals surface area contributed by atoms with Crippen LogP contribution in [0.1, 0.15) is 0 Å². The van der Waals surface area contributed by atoms with Gasteiger partial charge in [0, 0.05) is 4.43 Å². The van der Waals surface area contributed by atoms with Gasteiger partial charge in [-0.05, 0) is 12.1 Å². The normalized spacial score (nSPS) is 20.0. The van der Waals surface area contributed by atoms with Crippen molar-refractivity contribution in [3.8, 4) is 11.5 Å². The lowest BCUT2D eigenvalue weighted by Crippen LogP contribution is -2.30. The van der Waals surface area contributed by atoms with Gasteiger partial charge in [-0.1, -0.05) is 28.7 Å². The molecular weight excluding hydrogens is 286 g/mol. The van der Waals surface area contributed by atoms with Crippen molar-refractivity contribution < 1.29 is 13.9 Å². The second-order valence-electron chi connectivity index (χ2n) is 2.77. The largest absolute Gasteiger partial charge is 0.486 e. The lowest BCUT2D eigenvalue weighted by atomic mass is 10.2. The fraction of sp³-hybridized carbons (Fsp3) is 0.333. The van der Waals surface area contributed by atoms with Gasteiger partial charge in [0.1, 0.15) is 12.7 Å². The molecule has 0 saturated carbocycles. The summed E-state index contributed by atoms with van der Waals surface area (Å²) in [5.41, 5.74) is 0. The average Bonchev–Trinajstić information content (AvgIpc) is 2.18. The molecule has 0 fully saturated rings. The molecule has 1 aromatic carbocycles. The van der Waals surface area contributed by atoms with E-state index in [1.807, 2.05) is 0 Å². The number of fused-ring (bicyclic) bond motifs is 1. The van der Waals surface area contributed by atoms with Gasteiger partial charge in [-0.25, -0.2) is 4.39 Å². The van der Waals surface area contributed by atoms with Crippen LogP contribution in [0.5, 0.6) is 11.5 Å². The van der Waals surface area contributed by atoms with Gasteiger partial charge in [-0.2, -0.15) is 0 Å². The molecule has 4 heteroatoms. The van der Waals surface area contributed by atoms with Gasteiger partial charge < -0.3 is 9.47 Å². The van der Waals surface area contributed by atoms with Crippen LogP contribution in [-0.2, 0) is 0 Å². The quantitative estimate of drug-likeness (QED) is 0.585. The molecule has 0 saturated heterocycles. The van der Waals surface area contributed by atoms with Crippen LogP contribution in [0.2, 0.25) is 0 Å². The first-order valence-electron chi connectivity index (χ1n) is 3.95. The van der Waals surface area contributed by atoms with E-state index in [0.717, 1.165) is 4.43 Å². The first-order valence-corrected chi connectivity index (χ1v) is 5.47. The summed E-state index contributed by atoms with van der Waals surface area (Å²) in [6.07, 6.45) is -0.0370. The van der Waals surface area contributed by atoms with Crippen molar-refractivity contribution in [2.75, 3.05) is 11.0 Å². The molecule has 1 atom stereocenters. The number of hydrogen-bond donors (Lipinski definition) is 0. The summed E-state index contributed by atoms with van der Waals surface area (Å²) in [5, 5.41) is 0. The molecule has 2 rings (SSSR count). The van der Waals surface area contributed by atoms with E-state index >= 15 is 0 Å². The Morgan fingerprint density at radius 1 is 1.54 bits per heavy atom. The molecule has 70 valence electrons. The lowest BCUT2D eigenvalue weighted by molar-refractivity contribution is 0.103. The predicted molar refractivity (Wildman–Crippen MR) is 55.2 cm³/mol. The van der Waals surface area contributed by atoms with Gasteiger partial charge in [-0.3, -0.25) is 0 Å². The zero-order chi connectivity index (χ0) is 9.26. The monoisotopic (exact) mass is 294 g/mol. The van der Waals surface area contributed by atoms with Crippen molar-refractivity contribution in [2.45, 2.75) is 6.10 Å². The summed E-state index contributed by atoms with van der Waals surface area (Å²) in [4.78, 5) is 0. The molecule has 1 heterocycles. The number of alkyl halides is 1. The Labute approximate surface area is 89.2 Å². The third kappa shape index (κ3) is 1.72. The molecule has 2 nitrogen and oxygen atoms in total. The van der Waals surface area contributed by atoms with E-state index in [4.69, 9.17) is 9.47 Å². The number of halogens is 2. The van der Waals surface area contributed by atoms with Gasteiger partial charge in [0.25, 0.3) is 0 Å². The zero-order valence-corrected chi connectivity index (χ0v) is 8.95. The van der Waals surface area contributed by atoms with E-state index in [1.165, 1.54) is 6.07 Å². The highest BCUT2D eigenvalue weighted by atomic mass is 127. The highest BCUT2D eigenvalue weighted by molar-refractivity contribution is 14.1.